The fraction of sp³-hybridized carbons (Fsp3) is 0.136. The van der Waals surface area contributed by atoms with Gasteiger partial charge in [0.2, 0.25) is 0 Å². The number of benzene rings is 3. The van der Waals surface area contributed by atoms with Crippen molar-refractivity contribution in [1.29, 1.82) is 0 Å². The van der Waals surface area contributed by atoms with Crippen molar-refractivity contribution in [3.63, 3.8) is 0 Å². The van der Waals surface area contributed by atoms with Crippen LogP contribution in [-0.4, -0.2) is 14.3 Å². The van der Waals surface area contributed by atoms with E-state index in [4.69, 9.17) is 0 Å². The molecule has 3 aromatic carbocycles. The van der Waals surface area contributed by atoms with Gasteiger partial charge in [0.25, 0.3) is 15.9 Å². The van der Waals surface area contributed by atoms with Crippen LogP contribution in [0.15, 0.2) is 83.8 Å². The second-order valence-corrected chi connectivity index (χ2v) is 8.28. The Hall–Kier alpha value is -3.12. The molecule has 0 saturated heterocycles. The molecule has 1 amide bonds. The first kappa shape index (κ1) is 19.6. The summed E-state index contributed by atoms with van der Waals surface area (Å²) in [4.78, 5) is 12.6. The summed E-state index contributed by atoms with van der Waals surface area (Å²) < 4.78 is 27.4. The van der Waals surface area contributed by atoms with Crippen molar-refractivity contribution in [1.82, 2.24) is 5.32 Å². The molecule has 3 rings (SSSR count). The molecular weight excluding hydrogens is 372 g/mol. The first-order valence-electron chi connectivity index (χ1n) is 8.90. The van der Waals surface area contributed by atoms with E-state index in [1.807, 2.05) is 44.2 Å². The topological polar surface area (TPSA) is 75.3 Å². The Morgan fingerprint density at radius 3 is 2.07 bits per heavy atom. The standard InChI is InChI=1S/C22H22N2O3S/c1-16-8-14-21(15-9-16)28(26,27)24-20-12-10-19(11-13-20)22(25)23-17(2)18-6-4-3-5-7-18/h3-15,17,24H,1-2H3,(H,23,25)/t17-/m1/s1. The zero-order chi connectivity index (χ0) is 20.1. The largest absolute Gasteiger partial charge is 0.346 e. The summed E-state index contributed by atoms with van der Waals surface area (Å²) in [5.41, 5.74) is 2.85. The third kappa shape index (κ3) is 4.78. The predicted octanol–water partition coefficient (Wildman–Crippen LogP) is 4.29. The molecule has 0 bridgehead atoms. The highest BCUT2D eigenvalue weighted by Crippen LogP contribution is 2.18. The van der Waals surface area contributed by atoms with Gasteiger partial charge in [-0.2, -0.15) is 0 Å². The number of sulfonamides is 1. The van der Waals surface area contributed by atoms with Crippen molar-refractivity contribution in [2.75, 3.05) is 4.72 Å². The van der Waals surface area contributed by atoms with Crippen molar-refractivity contribution in [2.24, 2.45) is 0 Å². The van der Waals surface area contributed by atoms with Crippen LogP contribution in [0.4, 0.5) is 5.69 Å². The molecule has 0 aliphatic rings. The van der Waals surface area contributed by atoms with Crippen LogP contribution in [0.25, 0.3) is 0 Å². The van der Waals surface area contributed by atoms with E-state index in [1.54, 1.807) is 48.5 Å². The lowest BCUT2D eigenvalue weighted by atomic mass is 10.1. The Morgan fingerprint density at radius 1 is 0.857 bits per heavy atom. The molecule has 0 spiro atoms. The normalized spacial score (nSPS) is 12.2. The van der Waals surface area contributed by atoms with Gasteiger partial charge in [-0.25, -0.2) is 8.42 Å². The van der Waals surface area contributed by atoms with Crippen LogP contribution >= 0.6 is 0 Å². The number of nitrogens with one attached hydrogen (secondary N) is 2. The van der Waals surface area contributed by atoms with Gasteiger partial charge in [-0.15, -0.1) is 0 Å². The number of hydrogen-bond acceptors (Lipinski definition) is 3. The van der Waals surface area contributed by atoms with E-state index in [1.165, 1.54) is 0 Å². The molecule has 0 aromatic heterocycles. The molecule has 144 valence electrons. The van der Waals surface area contributed by atoms with Gasteiger partial charge in [0.15, 0.2) is 0 Å². The minimum absolute atomic E-state index is 0.131. The van der Waals surface area contributed by atoms with Gasteiger partial charge in [-0.3, -0.25) is 9.52 Å². The quantitative estimate of drug-likeness (QED) is 0.655. The van der Waals surface area contributed by atoms with Crippen molar-refractivity contribution in [3.8, 4) is 0 Å². The predicted molar refractivity (Wildman–Crippen MR) is 111 cm³/mol. The molecule has 0 fully saturated rings. The van der Waals surface area contributed by atoms with Gasteiger partial charge in [-0.1, -0.05) is 48.0 Å². The molecule has 0 aliphatic carbocycles. The van der Waals surface area contributed by atoms with Crippen LogP contribution < -0.4 is 10.0 Å². The number of carbonyl (C=O) groups is 1. The van der Waals surface area contributed by atoms with E-state index in [0.29, 0.717) is 11.3 Å². The molecule has 28 heavy (non-hydrogen) atoms. The molecular formula is C22H22N2O3S. The fourth-order valence-electron chi connectivity index (χ4n) is 2.73. The van der Waals surface area contributed by atoms with E-state index >= 15 is 0 Å². The zero-order valence-electron chi connectivity index (χ0n) is 15.7. The summed E-state index contributed by atoms with van der Waals surface area (Å²) in [6.07, 6.45) is 0. The van der Waals surface area contributed by atoms with Crippen LogP contribution in [0.2, 0.25) is 0 Å². The molecule has 6 heteroatoms. The van der Waals surface area contributed by atoms with Crippen LogP contribution in [0, 0.1) is 6.92 Å². The van der Waals surface area contributed by atoms with E-state index in [2.05, 4.69) is 10.0 Å². The van der Waals surface area contributed by atoms with Crippen molar-refractivity contribution in [3.05, 3.63) is 95.6 Å². The number of carbonyl (C=O) groups excluding carboxylic acids is 1. The van der Waals surface area contributed by atoms with E-state index in [9.17, 15) is 13.2 Å². The van der Waals surface area contributed by atoms with Gasteiger partial charge in [-0.05, 0) is 55.8 Å². The van der Waals surface area contributed by atoms with Gasteiger partial charge >= 0.3 is 0 Å². The van der Waals surface area contributed by atoms with Crippen LogP contribution in [0.1, 0.15) is 34.5 Å². The summed E-state index contributed by atoms with van der Waals surface area (Å²) in [6, 6.07) is 22.5. The second kappa shape index (κ2) is 8.27. The SMILES string of the molecule is Cc1ccc(S(=O)(=O)Nc2ccc(C(=O)N[C@H](C)c3ccccc3)cc2)cc1. The molecule has 0 aliphatic heterocycles. The lowest BCUT2D eigenvalue weighted by molar-refractivity contribution is 0.0940. The Bertz CT molecular complexity index is 1050. The Labute approximate surface area is 165 Å². The highest BCUT2D eigenvalue weighted by molar-refractivity contribution is 7.92. The van der Waals surface area contributed by atoms with Crippen molar-refractivity contribution >= 4 is 21.6 Å². The molecule has 3 aromatic rings. The van der Waals surface area contributed by atoms with Crippen LogP contribution in [0.5, 0.6) is 0 Å². The molecule has 5 nitrogen and oxygen atoms in total. The van der Waals surface area contributed by atoms with E-state index in [-0.39, 0.29) is 16.8 Å². The minimum Gasteiger partial charge on any atom is -0.346 e. The molecule has 2 N–H and O–H groups in total. The molecule has 0 unspecified atom stereocenters. The van der Waals surface area contributed by atoms with Gasteiger partial charge < -0.3 is 5.32 Å². The molecule has 0 saturated carbocycles. The third-order valence-corrected chi connectivity index (χ3v) is 5.77. The number of amides is 1. The molecule has 0 radical (unpaired) electrons. The number of rotatable bonds is 6. The number of anilines is 1. The van der Waals surface area contributed by atoms with Gasteiger partial charge in [0, 0.05) is 11.3 Å². The summed E-state index contributed by atoms with van der Waals surface area (Å²) in [5.74, 6) is -0.218. The molecule has 1 atom stereocenters. The van der Waals surface area contributed by atoms with Crippen molar-refractivity contribution < 1.29 is 13.2 Å². The summed E-state index contributed by atoms with van der Waals surface area (Å²) in [5, 5.41) is 2.93. The average molecular weight is 394 g/mol. The number of aryl methyl sites for hydroxylation is 1. The first-order chi connectivity index (χ1) is 13.3. The Morgan fingerprint density at radius 2 is 1.46 bits per heavy atom. The van der Waals surface area contributed by atoms with Crippen LogP contribution in [-0.2, 0) is 10.0 Å². The number of hydrogen-bond donors (Lipinski definition) is 2. The monoisotopic (exact) mass is 394 g/mol. The van der Waals surface area contributed by atoms with Crippen LogP contribution in [0.3, 0.4) is 0 Å². The highest BCUT2D eigenvalue weighted by atomic mass is 32.2. The van der Waals surface area contributed by atoms with Gasteiger partial charge in [0.1, 0.15) is 0 Å². The molecule has 0 heterocycles. The average Bonchev–Trinajstić information content (AvgIpc) is 2.69. The lowest BCUT2D eigenvalue weighted by Crippen LogP contribution is -2.26. The lowest BCUT2D eigenvalue weighted by Gasteiger charge is -2.14. The smallest absolute Gasteiger partial charge is 0.261 e. The highest BCUT2D eigenvalue weighted by Gasteiger charge is 2.15. The maximum absolute atomic E-state index is 12.4. The summed E-state index contributed by atoms with van der Waals surface area (Å²) >= 11 is 0. The summed E-state index contributed by atoms with van der Waals surface area (Å²) in [6.45, 7) is 3.81. The maximum Gasteiger partial charge on any atom is 0.261 e. The Balaban J connectivity index is 1.67. The zero-order valence-corrected chi connectivity index (χ0v) is 16.5. The Kier molecular flexibility index (Phi) is 5.80. The van der Waals surface area contributed by atoms with Crippen molar-refractivity contribution in [2.45, 2.75) is 24.8 Å². The van der Waals surface area contributed by atoms with E-state index in [0.717, 1.165) is 11.1 Å². The first-order valence-corrected chi connectivity index (χ1v) is 10.4. The summed E-state index contributed by atoms with van der Waals surface area (Å²) in [7, 11) is -3.67. The maximum atomic E-state index is 12.4. The third-order valence-electron chi connectivity index (χ3n) is 4.38. The van der Waals surface area contributed by atoms with Gasteiger partial charge in [0.05, 0.1) is 10.9 Å². The fourth-order valence-corrected chi connectivity index (χ4v) is 3.78. The second-order valence-electron chi connectivity index (χ2n) is 6.60. The van der Waals surface area contributed by atoms with E-state index < -0.39 is 10.0 Å². The minimum atomic E-state index is -3.67.